The van der Waals surface area contributed by atoms with Gasteiger partial charge in [0.25, 0.3) is 0 Å². The van der Waals surface area contributed by atoms with Crippen molar-refractivity contribution in [2.45, 2.75) is 19.8 Å². The fourth-order valence-electron chi connectivity index (χ4n) is 1.78. The van der Waals surface area contributed by atoms with Crippen molar-refractivity contribution in [3.05, 3.63) is 54.6 Å². The number of ether oxygens (including phenoxy) is 1. The highest BCUT2D eigenvalue weighted by Gasteiger charge is 2.01. The number of unbranched alkanes of at least 4 members (excludes halogenated alkanes) is 1. The van der Waals surface area contributed by atoms with E-state index >= 15 is 0 Å². The van der Waals surface area contributed by atoms with E-state index in [0.717, 1.165) is 30.0 Å². The normalized spacial score (nSPS) is 9.95. The van der Waals surface area contributed by atoms with E-state index in [1.165, 1.54) is 0 Å². The second-order valence-electron chi connectivity index (χ2n) is 4.67. The molecule has 0 fully saturated rings. The summed E-state index contributed by atoms with van der Waals surface area (Å²) in [6.07, 6.45) is 2.04. The van der Waals surface area contributed by atoms with Crippen LogP contribution in [0.1, 0.15) is 19.8 Å². The van der Waals surface area contributed by atoms with Crippen LogP contribution in [-0.4, -0.2) is 12.6 Å². The molecular formula is C17H20N2O2. The largest absolute Gasteiger partial charge is 0.457 e. The molecule has 0 aliphatic carbocycles. The van der Waals surface area contributed by atoms with Gasteiger partial charge in [-0.3, -0.25) is 0 Å². The highest BCUT2D eigenvalue weighted by molar-refractivity contribution is 5.89. The molecule has 0 aromatic heterocycles. The Kier molecular flexibility index (Phi) is 5.64. The average molecular weight is 284 g/mol. The Bertz CT molecular complexity index is 553. The number of hydrogen-bond acceptors (Lipinski definition) is 2. The first-order valence-corrected chi connectivity index (χ1v) is 7.16. The number of benzene rings is 2. The number of carbonyl (C=O) groups is 1. The van der Waals surface area contributed by atoms with Gasteiger partial charge in [-0.05, 0) is 42.8 Å². The van der Waals surface area contributed by atoms with Crippen LogP contribution in [0.3, 0.4) is 0 Å². The van der Waals surface area contributed by atoms with E-state index in [-0.39, 0.29) is 6.03 Å². The van der Waals surface area contributed by atoms with Crippen LogP contribution in [0.2, 0.25) is 0 Å². The fraction of sp³-hybridized carbons (Fsp3) is 0.235. The van der Waals surface area contributed by atoms with Gasteiger partial charge in [0.15, 0.2) is 0 Å². The van der Waals surface area contributed by atoms with Crippen LogP contribution >= 0.6 is 0 Å². The summed E-state index contributed by atoms with van der Waals surface area (Å²) in [7, 11) is 0. The molecule has 2 rings (SSSR count). The monoisotopic (exact) mass is 284 g/mol. The quantitative estimate of drug-likeness (QED) is 0.772. The molecule has 0 aliphatic rings. The van der Waals surface area contributed by atoms with Gasteiger partial charge in [-0.1, -0.05) is 31.5 Å². The molecule has 0 saturated carbocycles. The summed E-state index contributed by atoms with van der Waals surface area (Å²) >= 11 is 0. The smallest absolute Gasteiger partial charge is 0.319 e. The summed E-state index contributed by atoms with van der Waals surface area (Å²) in [5, 5.41) is 5.59. The molecule has 0 unspecified atom stereocenters. The number of nitrogens with one attached hydrogen (secondary N) is 2. The zero-order valence-corrected chi connectivity index (χ0v) is 12.1. The maximum absolute atomic E-state index is 11.6. The first kappa shape index (κ1) is 14.9. The van der Waals surface area contributed by atoms with Gasteiger partial charge in [-0.25, -0.2) is 4.79 Å². The van der Waals surface area contributed by atoms with Crippen molar-refractivity contribution in [3.63, 3.8) is 0 Å². The summed E-state index contributed by atoms with van der Waals surface area (Å²) in [6, 6.07) is 16.7. The van der Waals surface area contributed by atoms with Crippen LogP contribution in [0.5, 0.6) is 11.5 Å². The van der Waals surface area contributed by atoms with E-state index in [0.29, 0.717) is 6.54 Å². The number of urea groups is 1. The molecule has 0 heterocycles. The molecule has 2 amide bonds. The van der Waals surface area contributed by atoms with Crippen LogP contribution in [0.25, 0.3) is 0 Å². The van der Waals surface area contributed by atoms with E-state index in [4.69, 9.17) is 4.74 Å². The number of para-hydroxylation sites is 1. The molecule has 110 valence electrons. The van der Waals surface area contributed by atoms with Crippen molar-refractivity contribution >= 4 is 11.7 Å². The van der Waals surface area contributed by atoms with Gasteiger partial charge < -0.3 is 15.4 Å². The Hall–Kier alpha value is -2.49. The van der Waals surface area contributed by atoms with Crippen molar-refractivity contribution < 1.29 is 9.53 Å². The van der Waals surface area contributed by atoms with Crippen molar-refractivity contribution in [2.24, 2.45) is 0 Å². The van der Waals surface area contributed by atoms with E-state index in [1.807, 2.05) is 54.6 Å². The third kappa shape index (κ3) is 5.18. The Morgan fingerprint density at radius 2 is 1.67 bits per heavy atom. The minimum Gasteiger partial charge on any atom is -0.457 e. The van der Waals surface area contributed by atoms with Gasteiger partial charge in [-0.2, -0.15) is 0 Å². The van der Waals surface area contributed by atoms with Crippen molar-refractivity contribution in [1.82, 2.24) is 5.32 Å². The van der Waals surface area contributed by atoms with Crippen molar-refractivity contribution in [3.8, 4) is 11.5 Å². The van der Waals surface area contributed by atoms with Crippen LogP contribution in [0, 0.1) is 0 Å². The average Bonchev–Trinajstić information content (AvgIpc) is 2.51. The second kappa shape index (κ2) is 7.94. The van der Waals surface area contributed by atoms with E-state index in [2.05, 4.69) is 17.6 Å². The van der Waals surface area contributed by atoms with Gasteiger partial charge in [0.05, 0.1) is 0 Å². The maximum atomic E-state index is 11.6. The Morgan fingerprint density at radius 1 is 1.00 bits per heavy atom. The van der Waals surface area contributed by atoms with Gasteiger partial charge in [0.1, 0.15) is 11.5 Å². The third-order valence-corrected chi connectivity index (χ3v) is 2.91. The summed E-state index contributed by atoms with van der Waals surface area (Å²) in [6.45, 7) is 2.78. The van der Waals surface area contributed by atoms with Gasteiger partial charge in [0.2, 0.25) is 0 Å². The third-order valence-electron chi connectivity index (χ3n) is 2.91. The minimum atomic E-state index is -0.180. The lowest BCUT2D eigenvalue weighted by Gasteiger charge is -2.09. The predicted molar refractivity (Wildman–Crippen MR) is 84.9 cm³/mol. The molecule has 4 nitrogen and oxygen atoms in total. The van der Waals surface area contributed by atoms with Crippen molar-refractivity contribution in [1.29, 1.82) is 0 Å². The molecule has 0 saturated heterocycles. The number of rotatable bonds is 6. The highest BCUT2D eigenvalue weighted by Crippen LogP contribution is 2.22. The first-order valence-electron chi connectivity index (χ1n) is 7.16. The summed E-state index contributed by atoms with van der Waals surface area (Å²) in [4.78, 5) is 11.6. The minimum absolute atomic E-state index is 0.180. The van der Waals surface area contributed by atoms with E-state index in [9.17, 15) is 4.79 Å². The fourth-order valence-corrected chi connectivity index (χ4v) is 1.78. The van der Waals surface area contributed by atoms with Crippen molar-refractivity contribution in [2.75, 3.05) is 11.9 Å². The molecule has 0 atom stereocenters. The lowest BCUT2D eigenvalue weighted by Crippen LogP contribution is -2.29. The van der Waals surface area contributed by atoms with Crippen LogP contribution in [0.4, 0.5) is 10.5 Å². The van der Waals surface area contributed by atoms with Gasteiger partial charge in [-0.15, -0.1) is 0 Å². The van der Waals surface area contributed by atoms with Gasteiger partial charge >= 0.3 is 6.03 Å². The summed E-state index contributed by atoms with van der Waals surface area (Å²) < 4.78 is 5.69. The Labute approximate surface area is 125 Å². The second-order valence-corrected chi connectivity index (χ2v) is 4.67. The van der Waals surface area contributed by atoms with Crippen LogP contribution < -0.4 is 15.4 Å². The molecule has 2 aromatic rings. The molecule has 0 bridgehead atoms. The maximum Gasteiger partial charge on any atom is 0.319 e. The summed E-state index contributed by atoms with van der Waals surface area (Å²) in [5.74, 6) is 1.52. The molecule has 0 aliphatic heterocycles. The number of carbonyl (C=O) groups excluding carboxylic acids is 1. The molecule has 2 aromatic carbocycles. The van der Waals surface area contributed by atoms with E-state index in [1.54, 1.807) is 0 Å². The highest BCUT2D eigenvalue weighted by atomic mass is 16.5. The molecule has 4 heteroatoms. The first-order chi connectivity index (χ1) is 10.3. The molecular weight excluding hydrogens is 264 g/mol. The SMILES string of the molecule is CCCCNC(=O)Nc1ccc(Oc2ccccc2)cc1. The standard InChI is InChI=1S/C17H20N2O2/c1-2-3-13-18-17(20)19-14-9-11-16(12-10-14)21-15-7-5-4-6-8-15/h4-12H,2-3,13H2,1H3,(H2,18,19,20). The number of hydrogen-bond donors (Lipinski definition) is 2. The lowest BCUT2D eigenvalue weighted by molar-refractivity contribution is 0.252. The van der Waals surface area contributed by atoms with Gasteiger partial charge in [0, 0.05) is 12.2 Å². The zero-order chi connectivity index (χ0) is 14.9. The topological polar surface area (TPSA) is 50.4 Å². The predicted octanol–water partition coefficient (Wildman–Crippen LogP) is 4.40. The Balaban J connectivity index is 1.85. The Morgan fingerprint density at radius 3 is 2.33 bits per heavy atom. The summed E-state index contributed by atoms with van der Waals surface area (Å²) in [5.41, 5.74) is 0.740. The molecule has 21 heavy (non-hydrogen) atoms. The molecule has 2 N–H and O–H groups in total. The molecule has 0 spiro atoms. The lowest BCUT2D eigenvalue weighted by atomic mass is 10.3. The van der Waals surface area contributed by atoms with E-state index < -0.39 is 0 Å². The zero-order valence-electron chi connectivity index (χ0n) is 12.1. The molecule has 0 radical (unpaired) electrons. The van der Waals surface area contributed by atoms with Crippen LogP contribution in [0.15, 0.2) is 54.6 Å². The number of amides is 2. The van der Waals surface area contributed by atoms with Crippen LogP contribution in [-0.2, 0) is 0 Å². The number of anilines is 1.